The minimum Gasteiger partial charge on any atom is -0.450 e. The van der Waals surface area contributed by atoms with Crippen molar-refractivity contribution in [2.24, 2.45) is 11.0 Å². The van der Waals surface area contributed by atoms with Gasteiger partial charge in [0.05, 0.1) is 22.5 Å². The van der Waals surface area contributed by atoms with Gasteiger partial charge in [-0.25, -0.2) is 4.79 Å². The predicted molar refractivity (Wildman–Crippen MR) is 97.8 cm³/mol. The van der Waals surface area contributed by atoms with E-state index in [1.165, 1.54) is 12.1 Å². The van der Waals surface area contributed by atoms with Crippen LogP contribution < -0.4 is 5.43 Å². The highest BCUT2D eigenvalue weighted by atomic mass is 16.6. The molecule has 146 valence electrons. The highest BCUT2D eigenvalue weighted by molar-refractivity contribution is 5.90. The largest absolute Gasteiger partial charge is 0.450 e. The summed E-state index contributed by atoms with van der Waals surface area (Å²) < 4.78 is 5.04. The number of piperidine rings is 1. The number of hydrazone groups is 1. The number of ether oxygens (including phenoxy) is 1. The number of non-ortho nitro benzene ring substituents is 1. The normalized spacial score (nSPS) is 21.0. The van der Waals surface area contributed by atoms with Gasteiger partial charge in [0, 0.05) is 36.7 Å². The molecule has 0 aliphatic carbocycles. The molecule has 11 nitrogen and oxygen atoms in total. The molecule has 1 aromatic carbocycles. The van der Waals surface area contributed by atoms with Gasteiger partial charge < -0.3 is 9.64 Å². The van der Waals surface area contributed by atoms with Crippen LogP contribution in [-0.2, 0) is 4.74 Å². The summed E-state index contributed by atoms with van der Waals surface area (Å²) >= 11 is 0. The highest BCUT2D eigenvalue weighted by Gasteiger charge is 2.32. The summed E-state index contributed by atoms with van der Waals surface area (Å²) in [6.07, 6.45) is 0.100. The standard InChI is InChI=1S/C16H21N5O6/c1-4-27-16(22)19-9-10(2)14(7-11(19)3)18-17-13-6-5-12(20(23)24)8-15(13)21(25)26/h5-6,8,10-11,17H,4,7,9H2,1-3H3/b18-14+/t10-,11+/m0/s1. The van der Waals surface area contributed by atoms with Crippen molar-refractivity contribution < 1.29 is 19.4 Å². The Bertz CT molecular complexity index is 781. The van der Waals surface area contributed by atoms with Crippen molar-refractivity contribution in [2.45, 2.75) is 33.2 Å². The predicted octanol–water partition coefficient (Wildman–Crippen LogP) is 3.16. The highest BCUT2D eigenvalue weighted by Crippen LogP contribution is 2.29. The molecular formula is C16H21N5O6. The zero-order chi connectivity index (χ0) is 20.1. The number of nitro benzene ring substituents is 2. The molecule has 2 rings (SSSR count). The Morgan fingerprint density at radius 2 is 2.04 bits per heavy atom. The van der Waals surface area contributed by atoms with Crippen molar-refractivity contribution in [3.8, 4) is 0 Å². The van der Waals surface area contributed by atoms with Crippen LogP contribution in [0.15, 0.2) is 23.3 Å². The SMILES string of the molecule is CCOC(=O)N1C[C@H](C)/C(=N/Nc2ccc([N+](=O)[O-])cc2[N+](=O)[O-])C[C@H]1C. The number of rotatable bonds is 5. The molecule has 0 unspecified atom stereocenters. The van der Waals surface area contributed by atoms with Gasteiger partial charge in [0.25, 0.3) is 5.69 Å². The molecule has 1 aliphatic rings. The van der Waals surface area contributed by atoms with Gasteiger partial charge in [-0.2, -0.15) is 5.10 Å². The van der Waals surface area contributed by atoms with Crippen LogP contribution in [-0.4, -0.2) is 45.7 Å². The second-order valence-corrected chi connectivity index (χ2v) is 6.24. The van der Waals surface area contributed by atoms with Gasteiger partial charge in [-0.3, -0.25) is 25.7 Å². The van der Waals surface area contributed by atoms with Gasteiger partial charge >= 0.3 is 11.8 Å². The molecule has 0 bridgehead atoms. The first-order valence-corrected chi connectivity index (χ1v) is 8.43. The minimum absolute atomic E-state index is 0.0609. The average molecular weight is 379 g/mol. The van der Waals surface area contributed by atoms with E-state index in [1.807, 2.05) is 13.8 Å². The Hall–Kier alpha value is -3.24. The molecule has 1 aromatic rings. The molecule has 2 atom stereocenters. The van der Waals surface area contributed by atoms with Crippen LogP contribution in [0.25, 0.3) is 0 Å². The van der Waals surface area contributed by atoms with Crippen LogP contribution in [0.4, 0.5) is 21.9 Å². The van der Waals surface area contributed by atoms with Crippen LogP contribution in [0, 0.1) is 26.1 Å². The van der Waals surface area contributed by atoms with Gasteiger partial charge in [-0.05, 0) is 19.9 Å². The molecule has 1 aliphatic heterocycles. The van der Waals surface area contributed by atoms with E-state index >= 15 is 0 Å². The fraction of sp³-hybridized carbons (Fsp3) is 0.500. The lowest BCUT2D eigenvalue weighted by Crippen LogP contribution is -2.49. The molecule has 0 aromatic heterocycles. The third-order valence-corrected chi connectivity index (χ3v) is 4.29. The third kappa shape index (κ3) is 4.68. The van der Waals surface area contributed by atoms with E-state index in [1.54, 1.807) is 11.8 Å². The van der Waals surface area contributed by atoms with Crippen molar-refractivity contribution >= 4 is 28.9 Å². The average Bonchev–Trinajstić information content (AvgIpc) is 2.61. The minimum atomic E-state index is -0.703. The van der Waals surface area contributed by atoms with Crippen LogP contribution in [0.5, 0.6) is 0 Å². The van der Waals surface area contributed by atoms with E-state index in [9.17, 15) is 25.0 Å². The number of likely N-dealkylation sites (tertiary alicyclic amines) is 1. The number of anilines is 1. The summed E-state index contributed by atoms with van der Waals surface area (Å²) in [5, 5.41) is 26.2. The van der Waals surface area contributed by atoms with Crippen molar-refractivity contribution in [2.75, 3.05) is 18.6 Å². The first-order chi connectivity index (χ1) is 12.7. The quantitative estimate of drug-likeness (QED) is 0.612. The number of amides is 1. The van der Waals surface area contributed by atoms with E-state index in [2.05, 4.69) is 10.5 Å². The molecule has 0 radical (unpaired) electrons. The summed E-state index contributed by atoms with van der Waals surface area (Å²) in [7, 11) is 0. The molecule has 1 amide bonds. The molecule has 0 saturated carbocycles. The summed E-state index contributed by atoms with van der Waals surface area (Å²) in [6, 6.07) is 3.18. The molecule has 1 saturated heterocycles. The van der Waals surface area contributed by atoms with E-state index in [0.29, 0.717) is 19.6 Å². The lowest BCUT2D eigenvalue weighted by molar-refractivity contribution is -0.393. The number of nitrogens with one attached hydrogen (secondary N) is 1. The topological polar surface area (TPSA) is 140 Å². The second-order valence-electron chi connectivity index (χ2n) is 6.24. The van der Waals surface area contributed by atoms with Crippen LogP contribution >= 0.6 is 0 Å². The van der Waals surface area contributed by atoms with E-state index < -0.39 is 15.5 Å². The molecule has 0 spiro atoms. The third-order valence-electron chi connectivity index (χ3n) is 4.29. The summed E-state index contributed by atoms with van der Waals surface area (Å²) in [4.78, 5) is 34.2. The lowest BCUT2D eigenvalue weighted by Gasteiger charge is -2.36. The smallest absolute Gasteiger partial charge is 0.410 e. The number of nitro groups is 2. The molecule has 27 heavy (non-hydrogen) atoms. The van der Waals surface area contributed by atoms with E-state index in [4.69, 9.17) is 4.74 Å². The van der Waals surface area contributed by atoms with Crippen LogP contribution in [0.3, 0.4) is 0 Å². The number of benzene rings is 1. The number of hydrogen-bond donors (Lipinski definition) is 1. The number of hydrogen-bond acceptors (Lipinski definition) is 8. The Balaban J connectivity index is 2.17. The summed E-state index contributed by atoms with van der Waals surface area (Å²) in [5.74, 6) is -0.0739. The van der Waals surface area contributed by atoms with Gasteiger partial charge in [0.15, 0.2) is 0 Å². The van der Waals surface area contributed by atoms with E-state index in [-0.39, 0.29) is 29.4 Å². The fourth-order valence-electron chi connectivity index (χ4n) is 2.82. The van der Waals surface area contributed by atoms with Crippen molar-refractivity contribution in [1.82, 2.24) is 4.90 Å². The molecule has 11 heteroatoms. The Labute approximate surface area is 155 Å². The maximum absolute atomic E-state index is 12.0. The molecular weight excluding hydrogens is 358 g/mol. The number of carbonyl (C=O) groups is 1. The Morgan fingerprint density at radius 1 is 1.33 bits per heavy atom. The van der Waals surface area contributed by atoms with Crippen molar-refractivity contribution in [3.63, 3.8) is 0 Å². The monoisotopic (exact) mass is 379 g/mol. The van der Waals surface area contributed by atoms with Gasteiger partial charge in [0.1, 0.15) is 5.69 Å². The Morgan fingerprint density at radius 3 is 2.63 bits per heavy atom. The second kappa shape index (κ2) is 8.43. The van der Waals surface area contributed by atoms with Crippen LogP contribution in [0.2, 0.25) is 0 Å². The summed E-state index contributed by atoms with van der Waals surface area (Å²) in [6.45, 7) is 6.21. The van der Waals surface area contributed by atoms with E-state index in [0.717, 1.165) is 11.8 Å². The van der Waals surface area contributed by atoms with Gasteiger partial charge in [-0.15, -0.1) is 0 Å². The maximum Gasteiger partial charge on any atom is 0.410 e. The van der Waals surface area contributed by atoms with Crippen molar-refractivity contribution in [3.05, 3.63) is 38.4 Å². The zero-order valence-corrected chi connectivity index (χ0v) is 15.2. The first-order valence-electron chi connectivity index (χ1n) is 8.43. The molecule has 1 heterocycles. The lowest BCUT2D eigenvalue weighted by atomic mass is 9.93. The number of carbonyl (C=O) groups excluding carboxylic acids is 1. The zero-order valence-electron chi connectivity index (χ0n) is 15.2. The Kier molecular flexibility index (Phi) is 6.27. The molecule has 1 fully saturated rings. The first kappa shape index (κ1) is 20.1. The number of nitrogens with zero attached hydrogens (tertiary/aromatic N) is 4. The fourth-order valence-corrected chi connectivity index (χ4v) is 2.82. The van der Waals surface area contributed by atoms with Crippen LogP contribution in [0.1, 0.15) is 27.2 Å². The maximum atomic E-state index is 12.0. The summed E-state index contributed by atoms with van der Waals surface area (Å²) in [5.41, 5.74) is 2.64. The molecule has 1 N–H and O–H groups in total. The van der Waals surface area contributed by atoms with Gasteiger partial charge in [-0.1, -0.05) is 6.92 Å². The van der Waals surface area contributed by atoms with Gasteiger partial charge in [0.2, 0.25) is 0 Å². The van der Waals surface area contributed by atoms with Crippen molar-refractivity contribution in [1.29, 1.82) is 0 Å².